The number of ether oxygens (including phenoxy) is 1. The Hall–Kier alpha value is -1.80. The third-order valence-electron chi connectivity index (χ3n) is 3.54. The largest absolute Gasteiger partial charge is 0.497 e. The van der Waals surface area contributed by atoms with E-state index in [2.05, 4.69) is 43.3 Å². The van der Waals surface area contributed by atoms with E-state index >= 15 is 0 Å². The van der Waals surface area contributed by atoms with Crippen LogP contribution in [0.2, 0.25) is 0 Å². The first-order valence-electron chi connectivity index (χ1n) is 7.11. The predicted octanol–water partition coefficient (Wildman–Crippen LogP) is 3.51. The van der Waals surface area contributed by atoms with Gasteiger partial charge in [-0.3, -0.25) is 0 Å². The first kappa shape index (κ1) is 14.6. The number of aryl methyl sites for hydroxylation is 2. The van der Waals surface area contributed by atoms with Crippen molar-refractivity contribution in [1.82, 2.24) is 0 Å². The van der Waals surface area contributed by atoms with Crippen LogP contribution < -0.4 is 10.5 Å². The predicted molar refractivity (Wildman–Crippen MR) is 84.2 cm³/mol. The number of hydrogen-bond donors (Lipinski definition) is 1. The van der Waals surface area contributed by atoms with Crippen LogP contribution in [0, 0.1) is 6.92 Å². The molecule has 0 amide bonds. The van der Waals surface area contributed by atoms with Crippen LogP contribution in [0.25, 0.3) is 0 Å². The third kappa shape index (κ3) is 4.39. The van der Waals surface area contributed by atoms with Gasteiger partial charge in [0.1, 0.15) is 5.75 Å². The van der Waals surface area contributed by atoms with Crippen molar-refractivity contribution >= 4 is 0 Å². The highest BCUT2D eigenvalue weighted by molar-refractivity contribution is 5.27. The van der Waals surface area contributed by atoms with E-state index in [1.54, 1.807) is 7.11 Å². The fraction of sp³-hybridized carbons (Fsp3) is 0.333. The van der Waals surface area contributed by atoms with Crippen molar-refractivity contribution in [2.24, 2.45) is 5.73 Å². The maximum absolute atomic E-state index is 6.23. The summed E-state index contributed by atoms with van der Waals surface area (Å²) >= 11 is 0. The number of methoxy groups -OCH3 is 1. The minimum atomic E-state index is 0.198. The minimum absolute atomic E-state index is 0.198. The summed E-state index contributed by atoms with van der Waals surface area (Å²) in [5.41, 5.74) is 10.2. The topological polar surface area (TPSA) is 35.2 Å². The zero-order valence-corrected chi connectivity index (χ0v) is 12.3. The maximum Gasteiger partial charge on any atom is 0.118 e. The van der Waals surface area contributed by atoms with Gasteiger partial charge in [0.15, 0.2) is 0 Å². The molecular formula is C18H23NO. The molecule has 2 N–H and O–H groups in total. The van der Waals surface area contributed by atoms with Crippen LogP contribution in [0.4, 0.5) is 0 Å². The van der Waals surface area contributed by atoms with E-state index in [-0.39, 0.29) is 6.04 Å². The Kier molecular flexibility index (Phi) is 5.19. The Bertz CT molecular complexity index is 533. The van der Waals surface area contributed by atoms with E-state index in [4.69, 9.17) is 10.5 Å². The molecule has 0 spiro atoms. The lowest BCUT2D eigenvalue weighted by Gasteiger charge is -2.12. The average molecular weight is 269 g/mol. The molecule has 0 aromatic heterocycles. The molecule has 0 radical (unpaired) electrons. The molecular weight excluding hydrogens is 246 g/mol. The molecule has 0 fully saturated rings. The zero-order chi connectivity index (χ0) is 14.4. The molecule has 106 valence electrons. The van der Waals surface area contributed by atoms with Crippen molar-refractivity contribution in [3.05, 3.63) is 65.2 Å². The summed E-state index contributed by atoms with van der Waals surface area (Å²) in [6, 6.07) is 17.0. The van der Waals surface area contributed by atoms with Gasteiger partial charge >= 0.3 is 0 Å². The van der Waals surface area contributed by atoms with E-state index in [1.165, 1.54) is 16.7 Å². The van der Waals surface area contributed by atoms with Gasteiger partial charge in [0.2, 0.25) is 0 Å². The van der Waals surface area contributed by atoms with Crippen LogP contribution in [0.15, 0.2) is 48.5 Å². The van der Waals surface area contributed by atoms with Crippen LogP contribution in [0.1, 0.15) is 23.1 Å². The molecule has 2 nitrogen and oxygen atoms in total. The van der Waals surface area contributed by atoms with E-state index in [0.29, 0.717) is 0 Å². The Morgan fingerprint density at radius 1 is 1.05 bits per heavy atom. The van der Waals surface area contributed by atoms with E-state index in [0.717, 1.165) is 25.0 Å². The maximum atomic E-state index is 6.23. The summed E-state index contributed by atoms with van der Waals surface area (Å²) in [5.74, 6) is 0.891. The molecule has 0 saturated carbocycles. The van der Waals surface area contributed by atoms with Crippen molar-refractivity contribution in [2.75, 3.05) is 7.11 Å². The second kappa shape index (κ2) is 7.11. The van der Waals surface area contributed by atoms with Crippen molar-refractivity contribution in [2.45, 2.75) is 32.2 Å². The summed E-state index contributed by atoms with van der Waals surface area (Å²) < 4.78 is 5.16. The Morgan fingerprint density at radius 2 is 1.80 bits per heavy atom. The normalized spacial score (nSPS) is 12.2. The molecule has 0 saturated heterocycles. The summed E-state index contributed by atoms with van der Waals surface area (Å²) in [4.78, 5) is 0. The van der Waals surface area contributed by atoms with Gasteiger partial charge in [-0.15, -0.1) is 0 Å². The minimum Gasteiger partial charge on any atom is -0.497 e. The molecule has 2 heteroatoms. The summed E-state index contributed by atoms with van der Waals surface area (Å²) in [6.45, 7) is 2.13. The van der Waals surface area contributed by atoms with Crippen molar-refractivity contribution in [3.8, 4) is 5.75 Å². The number of rotatable bonds is 6. The average Bonchev–Trinajstić information content (AvgIpc) is 2.46. The number of benzene rings is 2. The molecule has 0 aliphatic rings. The van der Waals surface area contributed by atoms with Gasteiger partial charge in [-0.1, -0.05) is 42.0 Å². The molecule has 0 aliphatic carbocycles. The highest BCUT2D eigenvalue weighted by atomic mass is 16.5. The van der Waals surface area contributed by atoms with E-state index in [1.807, 2.05) is 12.1 Å². The molecule has 2 aromatic carbocycles. The van der Waals surface area contributed by atoms with Gasteiger partial charge in [-0.25, -0.2) is 0 Å². The first-order valence-corrected chi connectivity index (χ1v) is 7.11. The summed E-state index contributed by atoms with van der Waals surface area (Å²) in [5, 5.41) is 0. The lowest BCUT2D eigenvalue weighted by Crippen LogP contribution is -2.23. The van der Waals surface area contributed by atoms with Gasteiger partial charge in [0.25, 0.3) is 0 Å². The standard InChI is InChI=1S/C18H23NO/c1-14-4-3-5-15(12-14)6-9-17(19)13-16-7-10-18(20-2)11-8-16/h3-5,7-8,10-12,17H,6,9,13,19H2,1-2H3. The van der Waals surface area contributed by atoms with Crippen LogP contribution in [-0.4, -0.2) is 13.2 Å². The van der Waals surface area contributed by atoms with Crippen molar-refractivity contribution < 1.29 is 4.74 Å². The van der Waals surface area contributed by atoms with Gasteiger partial charge in [0.05, 0.1) is 7.11 Å². The Balaban J connectivity index is 1.84. The third-order valence-corrected chi connectivity index (χ3v) is 3.54. The Morgan fingerprint density at radius 3 is 2.45 bits per heavy atom. The highest BCUT2D eigenvalue weighted by Crippen LogP contribution is 2.14. The van der Waals surface area contributed by atoms with Gasteiger partial charge in [-0.2, -0.15) is 0 Å². The highest BCUT2D eigenvalue weighted by Gasteiger charge is 2.05. The quantitative estimate of drug-likeness (QED) is 0.871. The summed E-state index contributed by atoms with van der Waals surface area (Å²) in [6.07, 6.45) is 2.96. The number of hydrogen-bond acceptors (Lipinski definition) is 2. The molecule has 0 bridgehead atoms. The number of nitrogens with two attached hydrogens (primary N) is 1. The lowest BCUT2D eigenvalue weighted by atomic mass is 9.99. The lowest BCUT2D eigenvalue weighted by molar-refractivity contribution is 0.414. The zero-order valence-electron chi connectivity index (χ0n) is 12.3. The molecule has 1 atom stereocenters. The second-order valence-electron chi connectivity index (χ2n) is 5.34. The van der Waals surface area contributed by atoms with E-state index < -0.39 is 0 Å². The molecule has 2 aromatic rings. The van der Waals surface area contributed by atoms with Gasteiger partial charge in [-0.05, 0) is 49.4 Å². The van der Waals surface area contributed by atoms with Crippen LogP contribution in [0.3, 0.4) is 0 Å². The van der Waals surface area contributed by atoms with Crippen LogP contribution >= 0.6 is 0 Å². The molecule has 0 aliphatic heterocycles. The van der Waals surface area contributed by atoms with Crippen LogP contribution in [0.5, 0.6) is 5.75 Å². The summed E-state index contributed by atoms with van der Waals surface area (Å²) in [7, 11) is 1.68. The molecule has 2 rings (SSSR count). The molecule has 20 heavy (non-hydrogen) atoms. The van der Waals surface area contributed by atoms with Gasteiger partial charge in [0, 0.05) is 6.04 Å². The van der Waals surface area contributed by atoms with Gasteiger partial charge < -0.3 is 10.5 Å². The van der Waals surface area contributed by atoms with Crippen molar-refractivity contribution in [1.29, 1.82) is 0 Å². The van der Waals surface area contributed by atoms with Crippen molar-refractivity contribution in [3.63, 3.8) is 0 Å². The second-order valence-corrected chi connectivity index (χ2v) is 5.34. The fourth-order valence-corrected chi connectivity index (χ4v) is 2.39. The molecule has 0 heterocycles. The van der Waals surface area contributed by atoms with E-state index in [9.17, 15) is 0 Å². The fourth-order valence-electron chi connectivity index (χ4n) is 2.39. The van der Waals surface area contributed by atoms with Crippen LogP contribution in [-0.2, 0) is 12.8 Å². The monoisotopic (exact) mass is 269 g/mol. The first-order chi connectivity index (χ1) is 9.67. The SMILES string of the molecule is COc1ccc(CC(N)CCc2cccc(C)c2)cc1. The molecule has 1 unspecified atom stereocenters. The Labute approximate surface area is 121 Å². The smallest absolute Gasteiger partial charge is 0.118 e.